The first-order chi connectivity index (χ1) is 8.74. The minimum absolute atomic E-state index is 0.144. The van der Waals surface area contributed by atoms with Crippen LogP contribution in [0.2, 0.25) is 5.02 Å². The molecule has 1 aliphatic rings. The predicted octanol–water partition coefficient (Wildman–Crippen LogP) is 2.68. The van der Waals surface area contributed by atoms with Crippen molar-refractivity contribution in [3.8, 4) is 0 Å². The number of ether oxygens (including phenoxy) is 1. The maximum Gasteiger partial charge on any atom is 0.0835 e. The van der Waals surface area contributed by atoms with Crippen LogP contribution >= 0.6 is 11.6 Å². The molecule has 1 N–H and O–H groups in total. The number of nitrogens with one attached hydrogen (secondary N) is 1. The van der Waals surface area contributed by atoms with Gasteiger partial charge in [0.05, 0.1) is 29.1 Å². The van der Waals surface area contributed by atoms with Gasteiger partial charge in [-0.05, 0) is 32.2 Å². The van der Waals surface area contributed by atoms with Crippen molar-refractivity contribution in [2.24, 2.45) is 7.05 Å². The fourth-order valence-corrected chi connectivity index (χ4v) is 2.79. The Morgan fingerprint density at radius 1 is 1.61 bits per heavy atom. The maximum atomic E-state index is 6.26. The van der Waals surface area contributed by atoms with E-state index in [-0.39, 0.29) is 12.1 Å². The number of nitrogens with zero attached hydrogens (tertiary/aromatic N) is 2. The highest BCUT2D eigenvalue weighted by Crippen LogP contribution is 2.30. The summed E-state index contributed by atoms with van der Waals surface area (Å²) in [6.07, 6.45) is 6.49. The number of rotatable bonds is 5. The number of hydrogen-bond acceptors (Lipinski definition) is 3. The third-order valence-electron chi connectivity index (χ3n) is 3.43. The average molecular weight is 272 g/mol. The van der Waals surface area contributed by atoms with Crippen molar-refractivity contribution in [1.82, 2.24) is 15.1 Å². The van der Waals surface area contributed by atoms with Gasteiger partial charge in [-0.25, -0.2) is 0 Å². The summed E-state index contributed by atoms with van der Waals surface area (Å²) in [5, 5.41) is 8.50. The Labute approximate surface area is 114 Å². The lowest BCUT2D eigenvalue weighted by atomic mass is 9.99. The van der Waals surface area contributed by atoms with E-state index in [1.54, 1.807) is 6.20 Å². The van der Waals surface area contributed by atoms with E-state index in [1.807, 2.05) is 11.7 Å². The van der Waals surface area contributed by atoms with E-state index in [0.717, 1.165) is 43.1 Å². The summed E-state index contributed by atoms with van der Waals surface area (Å²) in [4.78, 5) is 0. The van der Waals surface area contributed by atoms with Gasteiger partial charge < -0.3 is 10.1 Å². The Bertz CT molecular complexity index is 355. The Kier molecular flexibility index (Phi) is 5.03. The lowest BCUT2D eigenvalue weighted by Gasteiger charge is -2.31. The molecule has 102 valence electrons. The van der Waals surface area contributed by atoms with Crippen LogP contribution in [0.1, 0.15) is 44.3 Å². The zero-order valence-corrected chi connectivity index (χ0v) is 11.9. The second-order valence-electron chi connectivity index (χ2n) is 4.84. The lowest BCUT2D eigenvalue weighted by Crippen LogP contribution is -2.37. The van der Waals surface area contributed by atoms with Crippen LogP contribution in [0.15, 0.2) is 6.20 Å². The maximum absolute atomic E-state index is 6.26. The molecular formula is C13H22ClN3O. The van der Waals surface area contributed by atoms with Gasteiger partial charge in [0.2, 0.25) is 0 Å². The molecule has 2 heterocycles. The molecule has 4 nitrogen and oxygen atoms in total. The van der Waals surface area contributed by atoms with Crippen molar-refractivity contribution in [2.45, 2.75) is 44.8 Å². The Morgan fingerprint density at radius 3 is 3.00 bits per heavy atom. The number of aryl methyl sites for hydroxylation is 1. The molecule has 1 aromatic rings. The molecule has 0 radical (unpaired) electrons. The smallest absolute Gasteiger partial charge is 0.0835 e. The largest absolute Gasteiger partial charge is 0.376 e. The summed E-state index contributed by atoms with van der Waals surface area (Å²) >= 11 is 6.26. The molecule has 1 saturated heterocycles. The van der Waals surface area contributed by atoms with Crippen molar-refractivity contribution >= 4 is 11.6 Å². The monoisotopic (exact) mass is 271 g/mol. The first-order valence-electron chi connectivity index (χ1n) is 6.76. The van der Waals surface area contributed by atoms with E-state index in [9.17, 15) is 0 Å². The van der Waals surface area contributed by atoms with Crippen molar-refractivity contribution < 1.29 is 4.74 Å². The third-order valence-corrected chi connectivity index (χ3v) is 3.72. The fourth-order valence-electron chi connectivity index (χ4n) is 2.50. The van der Waals surface area contributed by atoms with Crippen molar-refractivity contribution in [1.29, 1.82) is 0 Å². The Balaban J connectivity index is 2.18. The molecule has 0 aromatic carbocycles. The van der Waals surface area contributed by atoms with Crippen LogP contribution in [0, 0.1) is 0 Å². The molecule has 0 amide bonds. The van der Waals surface area contributed by atoms with Gasteiger partial charge in [-0.1, -0.05) is 18.5 Å². The van der Waals surface area contributed by atoms with Gasteiger partial charge in [0.1, 0.15) is 0 Å². The van der Waals surface area contributed by atoms with E-state index in [2.05, 4.69) is 17.3 Å². The minimum Gasteiger partial charge on any atom is -0.376 e. The molecular weight excluding hydrogens is 250 g/mol. The molecule has 0 bridgehead atoms. The van der Waals surface area contributed by atoms with Crippen LogP contribution in [0.25, 0.3) is 0 Å². The van der Waals surface area contributed by atoms with Gasteiger partial charge >= 0.3 is 0 Å². The van der Waals surface area contributed by atoms with Crippen LogP contribution in [0.3, 0.4) is 0 Å². The minimum atomic E-state index is 0.144. The zero-order valence-electron chi connectivity index (χ0n) is 11.2. The molecule has 2 unspecified atom stereocenters. The molecule has 2 rings (SSSR count). The standard InChI is InChI=1S/C13H22ClN3O/c1-3-7-15-12(11-6-4-5-8-18-11)13-10(14)9-16-17(13)2/h9,11-12,15H,3-8H2,1-2H3. The topological polar surface area (TPSA) is 39.1 Å². The van der Waals surface area contributed by atoms with Crippen LogP contribution in [0.5, 0.6) is 0 Å². The molecule has 1 fully saturated rings. The molecule has 0 saturated carbocycles. The molecule has 2 atom stereocenters. The van der Waals surface area contributed by atoms with Gasteiger partial charge in [0.15, 0.2) is 0 Å². The van der Waals surface area contributed by atoms with E-state index < -0.39 is 0 Å². The van der Waals surface area contributed by atoms with Crippen LogP contribution in [-0.2, 0) is 11.8 Å². The second-order valence-corrected chi connectivity index (χ2v) is 5.25. The summed E-state index contributed by atoms with van der Waals surface area (Å²) < 4.78 is 7.76. The van der Waals surface area contributed by atoms with Gasteiger partial charge in [0.25, 0.3) is 0 Å². The molecule has 1 aromatic heterocycles. The highest BCUT2D eigenvalue weighted by Gasteiger charge is 2.29. The van der Waals surface area contributed by atoms with Crippen molar-refractivity contribution in [3.05, 3.63) is 16.9 Å². The van der Waals surface area contributed by atoms with Gasteiger partial charge in [-0.3, -0.25) is 4.68 Å². The van der Waals surface area contributed by atoms with Crippen LogP contribution < -0.4 is 5.32 Å². The summed E-state index contributed by atoms with van der Waals surface area (Å²) in [7, 11) is 1.94. The molecule has 0 spiro atoms. The lowest BCUT2D eigenvalue weighted by molar-refractivity contribution is -0.00976. The van der Waals surface area contributed by atoms with Crippen LogP contribution in [-0.4, -0.2) is 29.0 Å². The van der Waals surface area contributed by atoms with Crippen molar-refractivity contribution in [2.75, 3.05) is 13.2 Å². The highest BCUT2D eigenvalue weighted by molar-refractivity contribution is 6.31. The van der Waals surface area contributed by atoms with E-state index >= 15 is 0 Å². The van der Waals surface area contributed by atoms with E-state index in [1.165, 1.54) is 6.42 Å². The summed E-state index contributed by atoms with van der Waals surface area (Å²) in [6, 6.07) is 0.144. The van der Waals surface area contributed by atoms with E-state index in [4.69, 9.17) is 16.3 Å². The molecule has 18 heavy (non-hydrogen) atoms. The quantitative estimate of drug-likeness (QED) is 0.895. The van der Waals surface area contributed by atoms with Gasteiger partial charge in [-0.2, -0.15) is 5.10 Å². The summed E-state index contributed by atoms with van der Waals surface area (Å²) in [5.74, 6) is 0. The van der Waals surface area contributed by atoms with Gasteiger partial charge in [-0.15, -0.1) is 0 Å². The molecule has 0 aliphatic carbocycles. The number of aromatic nitrogens is 2. The molecule has 1 aliphatic heterocycles. The first kappa shape index (κ1) is 13.8. The first-order valence-corrected chi connectivity index (χ1v) is 7.14. The highest BCUT2D eigenvalue weighted by atomic mass is 35.5. The Morgan fingerprint density at radius 2 is 2.44 bits per heavy atom. The normalized spacial score (nSPS) is 22.1. The molecule has 5 heteroatoms. The van der Waals surface area contributed by atoms with E-state index in [0.29, 0.717) is 0 Å². The SMILES string of the molecule is CCCNC(c1c(Cl)cnn1C)C1CCCCO1. The van der Waals surface area contributed by atoms with Crippen LogP contribution in [0.4, 0.5) is 0 Å². The summed E-state index contributed by atoms with van der Waals surface area (Å²) in [6.45, 7) is 3.98. The second kappa shape index (κ2) is 6.55. The predicted molar refractivity (Wildman–Crippen MR) is 72.8 cm³/mol. The van der Waals surface area contributed by atoms with Crippen molar-refractivity contribution in [3.63, 3.8) is 0 Å². The zero-order chi connectivity index (χ0) is 13.0. The third kappa shape index (κ3) is 3.05. The van der Waals surface area contributed by atoms with Gasteiger partial charge in [0, 0.05) is 13.7 Å². The summed E-state index contributed by atoms with van der Waals surface area (Å²) in [5.41, 5.74) is 1.04. The number of halogens is 1. The average Bonchev–Trinajstić information content (AvgIpc) is 2.72. The Hall–Kier alpha value is -0.580. The number of hydrogen-bond donors (Lipinski definition) is 1. The fraction of sp³-hybridized carbons (Fsp3) is 0.769.